The van der Waals surface area contributed by atoms with Gasteiger partial charge >= 0.3 is 0 Å². The van der Waals surface area contributed by atoms with Crippen LogP contribution in [0.3, 0.4) is 0 Å². The molecule has 3 aliphatic heterocycles. The Morgan fingerprint density at radius 1 is 1.29 bits per heavy atom. The topological polar surface area (TPSA) is 41.6 Å². The summed E-state index contributed by atoms with van der Waals surface area (Å²) >= 11 is 0. The molecule has 0 bridgehead atoms. The molecule has 0 aromatic carbocycles. The van der Waals surface area contributed by atoms with Crippen molar-refractivity contribution < 1.29 is 9.53 Å². The average molecular weight is 238 g/mol. The summed E-state index contributed by atoms with van der Waals surface area (Å²) in [6, 6.07) is 0.0775. The van der Waals surface area contributed by atoms with Crippen LogP contribution in [0.25, 0.3) is 0 Å². The fourth-order valence-corrected chi connectivity index (χ4v) is 3.38. The summed E-state index contributed by atoms with van der Waals surface area (Å²) in [4.78, 5) is 14.3. The maximum atomic E-state index is 12.3. The standard InChI is InChI=1S/C13H22N2O2/c16-12(11-4-3-7-14-11)15-8-6-13(10-15)5-1-2-9-17-13/h11,14H,1-10H2/t11-,13?/m0/s1. The van der Waals surface area contributed by atoms with Crippen LogP contribution in [-0.4, -0.2) is 48.7 Å². The smallest absolute Gasteiger partial charge is 0.239 e. The van der Waals surface area contributed by atoms with E-state index in [1.165, 1.54) is 12.8 Å². The Hall–Kier alpha value is -0.610. The van der Waals surface area contributed by atoms with E-state index in [2.05, 4.69) is 5.32 Å². The van der Waals surface area contributed by atoms with Crippen molar-refractivity contribution in [1.29, 1.82) is 0 Å². The molecule has 0 radical (unpaired) electrons. The highest BCUT2D eigenvalue weighted by Crippen LogP contribution is 2.34. The first-order chi connectivity index (χ1) is 8.29. The normalized spacial score (nSPS) is 37.9. The number of likely N-dealkylation sites (tertiary alicyclic amines) is 1. The molecule has 3 fully saturated rings. The van der Waals surface area contributed by atoms with E-state index < -0.39 is 0 Å². The lowest BCUT2D eigenvalue weighted by Gasteiger charge is -2.33. The number of carbonyl (C=O) groups excluding carboxylic acids is 1. The monoisotopic (exact) mass is 238 g/mol. The molecule has 1 unspecified atom stereocenters. The molecule has 1 amide bonds. The predicted molar refractivity (Wildman–Crippen MR) is 64.8 cm³/mol. The minimum Gasteiger partial charge on any atom is -0.373 e. The van der Waals surface area contributed by atoms with Crippen molar-refractivity contribution in [3.05, 3.63) is 0 Å². The highest BCUT2D eigenvalue weighted by Gasteiger charge is 2.43. The van der Waals surface area contributed by atoms with Crippen LogP contribution in [0.1, 0.15) is 38.5 Å². The lowest BCUT2D eigenvalue weighted by Crippen LogP contribution is -2.45. The van der Waals surface area contributed by atoms with E-state index in [-0.39, 0.29) is 11.6 Å². The summed E-state index contributed by atoms with van der Waals surface area (Å²) in [5.41, 5.74) is 0.00646. The number of nitrogens with one attached hydrogen (secondary N) is 1. The number of hydrogen-bond acceptors (Lipinski definition) is 3. The van der Waals surface area contributed by atoms with E-state index in [0.717, 1.165) is 51.9 Å². The predicted octanol–water partition coefficient (Wildman–Crippen LogP) is 0.910. The quantitative estimate of drug-likeness (QED) is 0.738. The van der Waals surface area contributed by atoms with E-state index in [4.69, 9.17) is 4.74 Å². The van der Waals surface area contributed by atoms with Crippen LogP contribution >= 0.6 is 0 Å². The first-order valence-electron chi connectivity index (χ1n) is 6.95. The lowest BCUT2D eigenvalue weighted by molar-refractivity contribution is -0.134. The van der Waals surface area contributed by atoms with Gasteiger partial charge in [-0.2, -0.15) is 0 Å². The molecule has 0 aromatic rings. The zero-order valence-corrected chi connectivity index (χ0v) is 10.4. The Balaban J connectivity index is 1.60. The maximum Gasteiger partial charge on any atom is 0.239 e. The van der Waals surface area contributed by atoms with Crippen molar-refractivity contribution in [3.8, 4) is 0 Å². The Morgan fingerprint density at radius 2 is 2.24 bits per heavy atom. The first-order valence-corrected chi connectivity index (χ1v) is 6.95. The van der Waals surface area contributed by atoms with Gasteiger partial charge in [-0.1, -0.05) is 0 Å². The molecule has 3 saturated heterocycles. The Kier molecular flexibility index (Phi) is 3.09. The summed E-state index contributed by atoms with van der Waals surface area (Å²) in [5, 5.41) is 3.29. The zero-order valence-electron chi connectivity index (χ0n) is 10.4. The number of amides is 1. The van der Waals surface area contributed by atoms with Crippen molar-refractivity contribution in [3.63, 3.8) is 0 Å². The molecule has 3 aliphatic rings. The number of rotatable bonds is 1. The maximum absolute atomic E-state index is 12.3. The molecule has 1 spiro atoms. The van der Waals surface area contributed by atoms with Gasteiger partial charge in [0.1, 0.15) is 0 Å². The van der Waals surface area contributed by atoms with Gasteiger partial charge < -0.3 is 15.0 Å². The number of carbonyl (C=O) groups is 1. The highest BCUT2D eigenvalue weighted by atomic mass is 16.5. The van der Waals surface area contributed by atoms with Gasteiger partial charge in [0.05, 0.1) is 11.6 Å². The molecule has 17 heavy (non-hydrogen) atoms. The third-order valence-corrected chi connectivity index (χ3v) is 4.42. The Bertz CT molecular complexity index is 294. The van der Waals surface area contributed by atoms with Crippen molar-refractivity contribution in [2.75, 3.05) is 26.2 Å². The van der Waals surface area contributed by atoms with E-state index in [1.807, 2.05) is 4.90 Å². The third kappa shape index (κ3) is 2.20. The number of ether oxygens (including phenoxy) is 1. The average Bonchev–Trinajstić information content (AvgIpc) is 2.99. The van der Waals surface area contributed by atoms with Gasteiger partial charge in [0, 0.05) is 19.7 Å². The molecule has 1 N–H and O–H groups in total. The summed E-state index contributed by atoms with van der Waals surface area (Å²) in [5.74, 6) is 0.300. The van der Waals surface area contributed by atoms with Crippen LogP contribution in [0.4, 0.5) is 0 Å². The molecule has 4 heteroatoms. The summed E-state index contributed by atoms with van der Waals surface area (Å²) in [7, 11) is 0. The van der Waals surface area contributed by atoms with Crippen LogP contribution in [0.2, 0.25) is 0 Å². The molecule has 2 atom stereocenters. The van der Waals surface area contributed by atoms with Crippen LogP contribution < -0.4 is 5.32 Å². The second-order valence-corrected chi connectivity index (χ2v) is 5.65. The van der Waals surface area contributed by atoms with Gasteiger partial charge in [0.15, 0.2) is 0 Å². The molecule has 3 rings (SSSR count). The second-order valence-electron chi connectivity index (χ2n) is 5.65. The highest BCUT2D eigenvalue weighted by molar-refractivity contribution is 5.82. The Labute approximate surface area is 103 Å². The van der Waals surface area contributed by atoms with E-state index in [1.54, 1.807) is 0 Å². The third-order valence-electron chi connectivity index (χ3n) is 4.42. The van der Waals surface area contributed by atoms with Crippen LogP contribution in [0.5, 0.6) is 0 Å². The largest absolute Gasteiger partial charge is 0.373 e. The lowest BCUT2D eigenvalue weighted by atomic mass is 9.93. The van der Waals surface area contributed by atoms with Crippen LogP contribution in [0, 0.1) is 0 Å². The van der Waals surface area contributed by atoms with E-state index in [0.29, 0.717) is 5.91 Å². The van der Waals surface area contributed by atoms with E-state index in [9.17, 15) is 4.79 Å². The molecular weight excluding hydrogens is 216 g/mol. The summed E-state index contributed by atoms with van der Waals surface area (Å²) in [6.45, 7) is 3.58. The van der Waals surface area contributed by atoms with Crippen molar-refractivity contribution in [2.45, 2.75) is 50.2 Å². The number of hydrogen-bond donors (Lipinski definition) is 1. The second kappa shape index (κ2) is 4.58. The van der Waals surface area contributed by atoms with Crippen molar-refractivity contribution in [1.82, 2.24) is 10.2 Å². The minimum absolute atomic E-state index is 0.00646. The van der Waals surface area contributed by atoms with Crippen molar-refractivity contribution >= 4 is 5.91 Å². The number of nitrogens with zero attached hydrogens (tertiary/aromatic N) is 1. The molecule has 0 aliphatic carbocycles. The van der Waals surface area contributed by atoms with E-state index >= 15 is 0 Å². The van der Waals surface area contributed by atoms with Gasteiger partial charge in [-0.05, 0) is 45.1 Å². The van der Waals surface area contributed by atoms with Gasteiger partial charge in [0.25, 0.3) is 0 Å². The Morgan fingerprint density at radius 3 is 2.94 bits per heavy atom. The first kappa shape index (κ1) is 11.5. The van der Waals surface area contributed by atoms with Gasteiger partial charge in [-0.15, -0.1) is 0 Å². The molecular formula is C13H22N2O2. The van der Waals surface area contributed by atoms with Gasteiger partial charge in [-0.3, -0.25) is 4.79 Å². The summed E-state index contributed by atoms with van der Waals surface area (Å²) in [6.07, 6.45) is 6.74. The summed E-state index contributed by atoms with van der Waals surface area (Å²) < 4.78 is 5.96. The van der Waals surface area contributed by atoms with Gasteiger partial charge in [0.2, 0.25) is 5.91 Å². The van der Waals surface area contributed by atoms with Crippen LogP contribution in [0.15, 0.2) is 0 Å². The van der Waals surface area contributed by atoms with Crippen molar-refractivity contribution in [2.24, 2.45) is 0 Å². The molecule has 4 nitrogen and oxygen atoms in total. The minimum atomic E-state index is 0.00646. The van der Waals surface area contributed by atoms with Gasteiger partial charge in [-0.25, -0.2) is 0 Å². The SMILES string of the molecule is O=C([C@@H]1CCCN1)N1CCC2(CCCCO2)C1. The fourth-order valence-electron chi connectivity index (χ4n) is 3.38. The molecule has 0 aromatic heterocycles. The molecule has 3 heterocycles. The van der Waals surface area contributed by atoms with Crippen LogP contribution in [-0.2, 0) is 9.53 Å². The molecule has 96 valence electrons. The zero-order chi connectivity index (χ0) is 11.7. The fraction of sp³-hybridized carbons (Fsp3) is 0.923. The molecule has 0 saturated carbocycles.